The van der Waals surface area contributed by atoms with Gasteiger partial charge in [-0.1, -0.05) is 48.5 Å². The van der Waals surface area contributed by atoms with Crippen molar-refractivity contribution in [2.75, 3.05) is 0 Å². The van der Waals surface area contributed by atoms with Crippen LogP contribution in [0.1, 0.15) is 40.2 Å². The summed E-state index contributed by atoms with van der Waals surface area (Å²) in [6.45, 7) is 0.548. The molecule has 0 saturated carbocycles. The van der Waals surface area contributed by atoms with Gasteiger partial charge in [-0.05, 0) is 60.6 Å². The van der Waals surface area contributed by atoms with Crippen LogP contribution in [0, 0.1) is 0 Å². The molecule has 0 fully saturated rings. The fourth-order valence-corrected chi connectivity index (χ4v) is 5.12. The minimum Gasteiger partial charge on any atom is -0.489 e. The van der Waals surface area contributed by atoms with Crippen LogP contribution in [0.15, 0.2) is 59.4 Å². The van der Waals surface area contributed by atoms with E-state index in [0.29, 0.717) is 12.4 Å². The molecule has 5 heteroatoms. The second-order valence-corrected chi connectivity index (χ2v) is 8.60. The molecule has 0 unspecified atom stereocenters. The van der Waals surface area contributed by atoms with Crippen LogP contribution in [0.4, 0.5) is 0 Å². The zero-order valence-corrected chi connectivity index (χ0v) is 17.4. The SMILES string of the molecule is O=c1[nH]c(C=Cc2ccc(OCc3ccccc3)cc2)nc2sc3c(c12)CCCC3. The van der Waals surface area contributed by atoms with Crippen molar-refractivity contribution in [1.29, 1.82) is 0 Å². The van der Waals surface area contributed by atoms with Crippen molar-refractivity contribution < 1.29 is 4.74 Å². The summed E-state index contributed by atoms with van der Waals surface area (Å²) in [5, 5.41) is 0.798. The first-order chi connectivity index (χ1) is 14.8. The van der Waals surface area contributed by atoms with Crippen molar-refractivity contribution in [3.63, 3.8) is 0 Å². The van der Waals surface area contributed by atoms with E-state index in [-0.39, 0.29) is 5.56 Å². The Bertz CT molecular complexity index is 1250. The van der Waals surface area contributed by atoms with Crippen LogP contribution < -0.4 is 10.3 Å². The number of aryl methyl sites for hydroxylation is 2. The minimum atomic E-state index is -0.0243. The van der Waals surface area contributed by atoms with Gasteiger partial charge in [-0.2, -0.15) is 0 Å². The normalized spacial score (nSPS) is 13.6. The van der Waals surface area contributed by atoms with Gasteiger partial charge in [-0.25, -0.2) is 4.98 Å². The predicted molar refractivity (Wildman–Crippen MR) is 123 cm³/mol. The molecule has 4 nitrogen and oxygen atoms in total. The van der Waals surface area contributed by atoms with Crippen molar-refractivity contribution in [3.8, 4) is 5.75 Å². The van der Waals surface area contributed by atoms with Crippen LogP contribution >= 0.6 is 11.3 Å². The summed E-state index contributed by atoms with van der Waals surface area (Å²) in [5.74, 6) is 1.42. The lowest BCUT2D eigenvalue weighted by molar-refractivity contribution is 0.306. The lowest BCUT2D eigenvalue weighted by atomic mass is 9.97. The maximum Gasteiger partial charge on any atom is 0.260 e. The maximum absolute atomic E-state index is 12.6. The van der Waals surface area contributed by atoms with Crippen LogP contribution in [0.5, 0.6) is 5.75 Å². The van der Waals surface area contributed by atoms with Crippen LogP contribution in [-0.4, -0.2) is 9.97 Å². The van der Waals surface area contributed by atoms with Crippen molar-refractivity contribution in [3.05, 3.63) is 92.3 Å². The Morgan fingerprint density at radius 3 is 2.63 bits per heavy atom. The first-order valence-electron chi connectivity index (χ1n) is 10.3. The number of ether oxygens (including phenoxy) is 1. The molecule has 2 aromatic carbocycles. The van der Waals surface area contributed by atoms with E-state index in [1.807, 2.05) is 66.7 Å². The molecule has 4 aromatic rings. The van der Waals surface area contributed by atoms with Gasteiger partial charge < -0.3 is 9.72 Å². The van der Waals surface area contributed by atoms with Crippen LogP contribution in [0.3, 0.4) is 0 Å². The number of H-pyrrole nitrogens is 1. The number of hydrogen-bond acceptors (Lipinski definition) is 4. The fraction of sp³-hybridized carbons (Fsp3) is 0.200. The average Bonchev–Trinajstić information content (AvgIpc) is 3.16. The molecule has 30 heavy (non-hydrogen) atoms. The molecule has 0 spiro atoms. The summed E-state index contributed by atoms with van der Waals surface area (Å²) in [4.78, 5) is 22.5. The van der Waals surface area contributed by atoms with E-state index in [2.05, 4.69) is 9.97 Å². The quantitative estimate of drug-likeness (QED) is 0.462. The van der Waals surface area contributed by atoms with Crippen molar-refractivity contribution >= 4 is 33.7 Å². The van der Waals surface area contributed by atoms with Crippen LogP contribution in [0.2, 0.25) is 0 Å². The minimum absolute atomic E-state index is 0.0243. The van der Waals surface area contributed by atoms with Gasteiger partial charge in [-0.3, -0.25) is 4.79 Å². The van der Waals surface area contributed by atoms with Gasteiger partial charge in [0.15, 0.2) is 0 Å². The molecule has 0 atom stereocenters. The zero-order valence-electron chi connectivity index (χ0n) is 16.6. The molecule has 2 aromatic heterocycles. The lowest BCUT2D eigenvalue weighted by Gasteiger charge is -2.09. The molecule has 0 amide bonds. The Labute approximate surface area is 178 Å². The first kappa shape index (κ1) is 18.8. The molecule has 1 aliphatic rings. The Hall–Kier alpha value is -3.18. The van der Waals surface area contributed by atoms with E-state index in [4.69, 9.17) is 4.74 Å². The number of hydrogen-bond donors (Lipinski definition) is 1. The highest BCUT2D eigenvalue weighted by Gasteiger charge is 2.19. The molecule has 0 bridgehead atoms. The van der Waals surface area contributed by atoms with Gasteiger partial charge >= 0.3 is 0 Å². The molecule has 150 valence electrons. The maximum atomic E-state index is 12.6. The molecule has 5 rings (SSSR count). The monoisotopic (exact) mass is 414 g/mol. The highest BCUT2D eigenvalue weighted by atomic mass is 32.1. The van der Waals surface area contributed by atoms with Crippen LogP contribution in [0.25, 0.3) is 22.4 Å². The second kappa shape index (κ2) is 8.28. The topological polar surface area (TPSA) is 55.0 Å². The third kappa shape index (κ3) is 3.94. The van der Waals surface area contributed by atoms with E-state index >= 15 is 0 Å². The molecular formula is C25H22N2O2S. The average molecular weight is 415 g/mol. The molecule has 0 radical (unpaired) electrons. The highest BCUT2D eigenvalue weighted by molar-refractivity contribution is 7.18. The third-order valence-electron chi connectivity index (χ3n) is 5.41. The molecule has 2 heterocycles. The van der Waals surface area contributed by atoms with E-state index in [9.17, 15) is 4.79 Å². The fourth-order valence-electron chi connectivity index (χ4n) is 3.85. The van der Waals surface area contributed by atoms with Gasteiger partial charge in [0.05, 0.1) is 5.39 Å². The van der Waals surface area contributed by atoms with Crippen LogP contribution in [-0.2, 0) is 19.4 Å². The summed E-state index contributed by atoms with van der Waals surface area (Å²) in [6, 6.07) is 18.0. The zero-order chi connectivity index (χ0) is 20.3. The Morgan fingerprint density at radius 1 is 1.00 bits per heavy atom. The number of aromatic nitrogens is 2. The Balaban J connectivity index is 1.31. The third-order valence-corrected chi connectivity index (χ3v) is 6.59. The summed E-state index contributed by atoms with van der Waals surface area (Å²) in [5.41, 5.74) is 3.36. The van der Waals surface area contributed by atoms with Gasteiger partial charge in [0, 0.05) is 4.88 Å². The molecule has 0 aliphatic heterocycles. The van der Waals surface area contributed by atoms with E-state index < -0.39 is 0 Å². The molecular weight excluding hydrogens is 392 g/mol. The number of rotatable bonds is 5. The number of benzene rings is 2. The number of nitrogens with one attached hydrogen (secondary N) is 1. The number of nitrogens with zero attached hydrogens (tertiary/aromatic N) is 1. The van der Waals surface area contributed by atoms with Crippen molar-refractivity contribution in [1.82, 2.24) is 9.97 Å². The van der Waals surface area contributed by atoms with Gasteiger partial charge in [0.2, 0.25) is 0 Å². The van der Waals surface area contributed by atoms with Gasteiger partial charge in [0.1, 0.15) is 23.0 Å². The summed E-state index contributed by atoms with van der Waals surface area (Å²) >= 11 is 1.67. The smallest absolute Gasteiger partial charge is 0.260 e. The predicted octanol–water partition coefficient (Wildman–Crippen LogP) is 5.61. The number of aromatic amines is 1. The van der Waals surface area contributed by atoms with E-state index in [1.165, 1.54) is 16.9 Å². The second-order valence-electron chi connectivity index (χ2n) is 7.52. The first-order valence-corrected chi connectivity index (χ1v) is 11.1. The molecule has 1 aliphatic carbocycles. The summed E-state index contributed by atoms with van der Waals surface area (Å²) < 4.78 is 5.83. The largest absolute Gasteiger partial charge is 0.489 e. The van der Waals surface area contributed by atoms with E-state index in [1.54, 1.807) is 11.3 Å². The number of thiophene rings is 1. The molecule has 1 N–H and O–H groups in total. The number of fused-ring (bicyclic) bond motifs is 3. The lowest BCUT2D eigenvalue weighted by Crippen LogP contribution is -2.11. The van der Waals surface area contributed by atoms with Gasteiger partial charge in [-0.15, -0.1) is 11.3 Å². The summed E-state index contributed by atoms with van der Waals surface area (Å²) in [7, 11) is 0. The molecule has 0 saturated heterocycles. The summed E-state index contributed by atoms with van der Waals surface area (Å²) in [6.07, 6.45) is 8.24. The van der Waals surface area contributed by atoms with Crippen molar-refractivity contribution in [2.45, 2.75) is 32.3 Å². The highest BCUT2D eigenvalue weighted by Crippen LogP contribution is 2.33. The standard InChI is InChI=1S/C25H22N2O2S/c28-24-23-20-8-4-5-9-21(20)30-25(23)27-22(26-24)15-12-17-10-13-19(14-11-17)29-16-18-6-2-1-3-7-18/h1-3,6-7,10-15H,4-5,8-9,16H2,(H,26,27,28). The van der Waals surface area contributed by atoms with Crippen molar-refractivity contribution in [2.24, 2.45) is 0 Å². The Morgan fingerprint density at radius 2 is 1.80 bits per heavy atom. The van der Waals surface area contributed by atoms with Gasteiger partial charge in [0.25, 0.3) is 5.56 Å². The Kier molecular flexibility index (Phi) is 5.20. The van der Waals surface area contributed by atoms with E-state index in [0.717, 1.165) is 46.4 Å².